The molecule has 7 heteroatoms. The van der Waals surface area contributed by atoms with Crippen LogP contribution in [0.1, 0.15) is 5.56 Å². The van der Waals surface area contributed by atoms with E-state index < -0.39 is 0 Å². The van der Waals surface area contributed by atoms with Gasteiger partial charge in [0.05, 0.1) is 6.54 Å². The van der Waals surface area contributed by atoms with Crippen molar-refractivity contribution < 1.29 is 0 Å². The van der Waals surface area contributed by atoms with Gasteiger partial charge in [0.25, 0.3) is 0 Å². The second-order valence-corrected chi connectivity index (χ2v) is 3.34. The SMILES string of the molecule is Cn1cnn(Cc2cccnc2NN)c1=O. The third-order valence-corrected chi connectivity index (χ3v) is 2.23. The molecule has 7 nitrogen and oxygen atoms in total. The highest BCUT2D eigenvalue weighted by atomic mass is 16.2. The first kappa shape index (κ1) is 10.4. The van der Waals surface area contributed by atoms with Gasteiger partial charge in [0, 0.05) is 18.8 Å². The van der Waals surface area contributed by atoms with Gasteiger partial charge in [-0.15, -0.1) is 0 Å². The maximum atomic E-state index is 11.6. The molecule has 2 rings (SSSR count). The summed E-state index contributed by atoms with van der Waals surface area (Å²) in [6.07, 6.45) is 3.09. The van der Waals surface area contributed by atoms with Crippen LogP contribution in [0.5, 0.6) is 0 Å². The van der Waals surface area contributed by atoms with Gasteiger partial charge < -0.3 is 5.43 Å². The van der Waals surface area contributed by atoms with Crippen LogP contribution in [0.25, 0.3) is 0 Å². The fraction of sp³-hybridized carbons (Fsp3) is 0.222. The average Bonchev–Trinajstić information content (AvgIpc) is 2.62. The van der Waals surface area contributed by atoms with Crippen LogP contribution in [0.15, 0.2) is 29.5 Å². The number of aromatic nitrogens is 4. The van der Waals surface area contributed by atoms with E-state index in [1.807, 2.05) is 6.07 Å². The summed E-state index contributed by atoms with van der Waals surface area (Å²) in [6, 6.07) is 3.62. The summed E-state index contributed by atoms with van der Waals surface area (Å²) in [5, 5.41) is 3.96. The second kappa shape index (κ2) is 4.15. The molecule has 0 aliphatic heterocycles. The molecule has 0 bridgehead atoms. The summed E-state index contributed by atoms with van der Waals surface area (Å²) in [5.74, 6) is 5.86. The lowest BCUT2D eigenvalue weighted by atomic mass is 10.2. The van der Waals surface area contributed by atoms with E-state index >= 15 is 0 Å². The molecule has 0 aliphatic carbocycles. The quantitative estimate of drug-likeness (QED) is 0.528. The summed E-state index contributed by atoms with van der Waals surface area (Å²) in [5.41, 5.74) is 3.12. The molecule has 0 fully saturated rings. The molecular formula is C9H12N6O. The molecule has 2 aromatic rings. The molecule has 0 saturated heterocycles. The zero-order chi connectivity index (χ0) is 11.5. The molecule has 84 valence electrons. The van der Waals surface area contributed by atoms with Gasteiger partial charge in [0.15, 0.2) is 0 Å². The van der Waals surface area contributed by atoms with Gasteiger partial charge in [0.2, 0.25) is 0 Å². The normalized spacial score (nSPS) is 10.4. The Morgan fingerprint density at radius 2 is 2.38 bits per heavy atom. The fourth-order valence-electron chi connectivity index (χ4n) is 1.39. The predicted molar refractivity (Wildman–Crippen MR) is 58.6 cm³/mol. The molecule has 3 N–H and O–H groups in total. The zero-order valence-electron chi connectivity index (χ0n) is 8.79. The van der Waals surface area contributed by atoms with E-state index in [1.54, 1.807) is 19.3 Å². The van der Waals surface area contributed by atoms with Crippen LogP contribution in [0, 0.1) is 0 Å². The van der Waals surface area contributed by atoms with Crippen LogP contribution in [0.3, 0.4) is 0 Å². The molecule has 0 unspecified atom stereocenters. The van der Waals surface area contributed by atoms with Gasteiger partial charge in [-0.3, -0.25) is 4.57 Å². The number of hydrogen-bond donors (Lipinski definition) is 2. The Labute approximate surface area is 91.5 Å². The van der Waals surface area contributed by atoms with Crippen molar-refractivity contribution in [1.29, 1.82) is 0 Å². The number of nitrogens with two attached hydrogens (primary N) is 1. The first-order chi connectivity index (χ1) is 7.72. The highest BCUT2D eigenvalue weighted by Crippen LogP contribution is 2.09. The Bertz CT molecular complexity index is 543. The Hall–Kier alpha value is -2.15. The molecule has 2 aromatic heterocycles. The van der Waals surface area contributed by atoms with Crippen molar-refractivity contribution in [3.63, 3.8) is 0 Å². The number of anilines is 1. The van der Waals surface area contributed by atoms with Crippen molar-refractivity contribution in [3.05, 3.63) is 40.7 Å². The van der Waals surface area contributed by atoms with E-state index in [2.05, 4.69) is 15.5 Å². The van der Waals surface area contributed by atoms with Crippen molar-refractivity contribution in [1.82, 2.24) is 19.3 Å². The summed E-state index contributed by atoms with van der Waals surface area (Å²) < 4.78 is 2.75. The highest BCUT2D eigenvalue weighted by Gasteiger charge is 2.06. The molecule has 16 heavy (non-hydrogen) atoms. The molecule has 0 saturated carbocycles. The Balaban J connectivity index is 2.34. The number of hydrazine groups is 1. The van der Waals surface area contributed by atoms with Gasteiger partial charge in [-0.1, -0.05) is 6.07 Å². The fourth-order valence-corrected chi connectivity index (χ4v) is 1.39. The van der Waals surface area contributed by atoms with Gasteiger partial charge in [0.1, 0.15) is 12.1 Å². The van der Waals surface area contributed by atoms with Crippen molar-refractivity contribution >= 4 is 5.82 Å². The molecule has 0 amide bonds. The topological polar surface area (TPSA) is 90.8 Å². The molecule has 0 radical (unpaired) electrons. The standard InChI is InChI=1S/C9H12N6O/c1-14-6-12-15(9(14)16)5-7-3-2-4-11-8(7)13-10/h2-4,6H,5,10H2,1H3,(H,11,13). The molecule has 0 aromatic carbocycles. The van der Waals surface area contributed by atoms with Crippen molar-refractivity contribution in [2.75, 3.05) is 5.43 Å². The maximum Gasteiger partial charge on any atom is 0.345 e. The Morgan fingerprint density at radius 1 is 1.56 bits per heavy atom. The summed E-state index contributed by atoms with van der Waals surface area (Å²) in [6.45, 7) is 0.340. The number of nitrogens with zero attached hydrogens (tertiary/aromatic N) is 4. The van der Waals surface area contributed by atoms with Gasteiger partial charge >= 0.3 is 5.69 Å². The molecular weight excluding hydrogens is 208 g/mol. The number of aryl methyl sites for hydroxylation is 1. The lowest BCUT2D eigenvalue weighted by Gasteiger charge is -2.06. The molecule has 2 heterocycles. The van der Waals surface area contributed by atoms with E-state index in [4.69, 9.17) is 5.84 Å². The maximum absolute atomic E-state index is 11.6. The minimum atomic E-state index is -0.174. The summed E-state index contributed by atoms with van der Waals surface area (Å²) in [4.78, 5) is 15.6. The van der Waals surface area contributed by atoms with Crippen LogP contribution in [-0.4, -0.2) is 19.3 Å². The van der Waals surface area contributed by atoms with Crippen LogP contribution < -0.4 is 17.0 Å². The van der Waals surface area contributed by atoms with E-state index in [9.17, 15) is 4.79 Å². The van der Waals surface area contributed by atoms with Gasteiger partial charge in [-0.05, 0) is 6.07 Å². The Kier molecular flexibility index (Phi) is 2.69. The molecule has 0 atom stereocenters. The minimum absolute atomic E-state index is 0.174. The first-order valence-corrected chi connectivity index (χ1v) is 4.71. The van der Waals surface area contributed by atoms with E-state index in [-0.39, 0.29) is 5.69 Å². The van der Waals surface area contributed by atoms with Crippen molar-refractivity contribution in [2.24, 2.45) is 12.9 Å². The molecule has 0 aliphatic rings. The predicted octanol–water partition coefficient (Wildman–Crippen LogP) is -0.689. The van der Waals surface area contributed by atoms with Gasteiger partial charge in [-0.25, -0.2) is 20.3 Å². The van der Waals surface area contributed by atoms with E-state index in [0.717, 1.165) is 5.56 Å². The van der Waals surface area contributed by atoms with Crippen LogP contribution in [0.2, 0.25) is 0 Å². The number of rotatable bonds is 3. The first-order valence-electron chi connectivity index (χ1n) is 4.71. The Morgan fingerprint density at radius 3 is 3.00 bits per heavy atom. The zero-order valence-corrected chi connectivity index (χ0v) is 8.79. The summed E-state index contributed by atoms with van der Waals surface area (Å²) in [7, 11) is 1.65. The van der Waals surface area contributed by atoms with E-state index in [0.29, 0.717) is 12.4 Å². The second-order valence-electron chi connectivity index (χ2n) is 3.34. The van der Waals surface area contributed by atoms with Crippen LogP contribution in [-0.2, 0) is 13.6 Å². The highest BCUT2D eigenvalue weighted by molar-refractivity contribution is 5.42. The number of pyridine rings is 1. The number of nitrogens with one attached hydrogen (secondary N) is 1. The number of nitrogen functional groups attached to an aromatic ring is 1. The largest absolute Gasteiger partial charge is 0.345 e. The lowest BCUT2D eigenvalue weighted by molar-refractivity contribution is 0.646. The summed E-state index contributed by atoms with van der Waals surface area (Å²) >= 11 is 0. The average molecular weight is 220 g/mol. The van der Waals surface area contributed by atoms with Crippen molar-refractivity contribution in [2.45, 2.75) is 6.54 Å². The number of hydrogen-bond acceptors (Lipinski definition) is 5. The minimum Gasteiger partial charge on any atom is -0.308 e. The molecule has 0 spiro atoms. The third-order valence-electron chi connectivity index (χ3n) is 2.23. The smallest absolute Gasteiger partial charge is 0.308 e. The van der Waals surface area contributed by atoms with E-state index in [1.165, 1.54) is 15.6 Å². The van der Waals surface area contributed by atoms with Crippen LogP contribution >= 0.6 is 0 Å². The monoisotopic (exact) mass is 220 g/mol. The van der Waals surface area contributed by atoms with Crippen LogP contribution in [0.4, 0.5) is 5.82 Å². The lowest BCUT2D eigenvalue weighted by Crippen LogP contribution is -2.24. The third kappa shape index (κ3) is 1.80. The van der Waals surface area contributed by atoms with Gasteiger partial charge in [-0.2, -0.15) is 5.10 Å². The van der Waals surface area contributed by atoms with Crippen molar-refractivity contribution in [3.8, 4) is 0 Å².